The molecule has 2 aliphatic rings. The number of hydrogen-bond acceptors (Lipinski definition) is 7. The van der Waals surface area contributed by atoms with Gasteiger partial charge in [0.25, 0.3) is 0 Å². The van der Waals surface area contributed by atoms with Crippen molar-refractivity contribution in [2.75, 3.05) is 30.8 Å². The van der Waals surface area contributed by atoms with E-state index in [2.05, 4.69) is 40.0 Å². The maximum absolute atomic E-state index is 5.84. The van der Waals surface area contributed by atoms with E-state index in [1.165, 1.54) is 0 Å². The van der Waals surface area contributed by atoms with Gasteiger partial charge in [0.1, 0.15) is 5.82 Å². The van der Waals surface area contributed by atoms with E-state index in [1.54, 1.807) is 0 Å². The van der Waals surface area contributed by atoms with Gasteiger partial charge in [-0.2, -0.15) is 4.98 Å². The van der Waals surface area contributed by atoms with Crippen molar-refractivity contribution in [2.24, 2.45) is 5.92 Å². The first-order valence-electron chi connectivity index (χ1n) is 8.10. The Bertz CT molecular complexity index is 495. The quantitative estimate of drug-likeness (QED) is 0.641. The average Bonchev–Trinajstić information content (AvgIpc) is 3.12. The van der Waals surface area contributed by atoms with Gasteiger partial charge in [-0.05, 0) is 32.6 Å². The van der Waals surface area contributed by atoms with Gasteiger partial charge >= 0.3 is 0 Å². The lowest BCUT2D eigenvalue weighted by Gasteiger charge is -2.18. The van der Waals surface area contributed by atoms with E-state index in [4.69, 9.17) is 10.5 Å². The molecule has 0 aliphatic carbocycles. The zero-order chi connectivity index (χ0) is 15.5. The van der Waals surface area contributed by atoms with Crippen LogP contribution in [0.1, 0.15) is 38.3 Å². The highest BCUT2D eigenvalue weighted by atomic mass is 16.5. The Labute approximate surface area is 131 Å². The molecule has 3 unspecified atom stereocenters. The monoisotopic (exact) mass is 306 g/mol. The Morgan fingerprint density at radius 1 is 1.32 bits per heavy atom. The molecule has 3 atom stereocenters. The topological polar surface area (TPSA) is 97.1 Å². The van der Waals surface area contributed by atoms with Gasteiger partial charge < -0.3 is 15.8 Å². The van der Waals surface area contributed by atoms with Gasteiger partial charge in [0.05, 0.1) is 12.3 Å². The molecule has 0 radical (unpaired) electrons. The van der Waals surface area contributed by atoms with Gasteiger partial charge in [-0.25, -0.2) is 4.98 Å². The van der Waals surface area contributed by atoms with E-state index in [0.717, 1.165) is 44.1 Å². The summed E-state index contributed by atoms with van der Waals surface area (Å²) in [5.41, 5.74) is 13.4. The molecule has 3 rings (SSSR count). The van der Waals surface area contributed by atoms with Crippen LogP contribution in [-0.4, -0.2) is 41.8 Å². The number of nitrogens with one attached hydrogen (secondary N) is 3. The van der Waals surface area contributed by atoms with E-state index in [9.17, 15) is 0 Å². The zero-order valence-electron chi connectivity index (χ0n) is 13.3. The van der Waals surface area contributed by atoms with Crippen LogP contribution in [0.5, 0.6) is 0 Å². The van der Waals surface area contributed by atoms with Gasteiger partial charge in [0.15, 0.2) is 0 Å². The first kappa shape index (κ1) is 15.5. The number of hydrogen-bond donors (Lipinski definition) is 4. The van der Waals surface area contributed by atoms with Crippen LogP contribution in [0, 0.1) is 5.92 Å². The van der Waals surface area contributed by atoms with Gasteiger partial charge in [-0.15, -0.1) is 0 Å². The Morgan fingerprint density at radius 2 is 2.09 bits per heavy atom. The summed E-state index contributed by atoms with van der Waals surface area (Å²) >= 11 is 0. The van der Waals surface area contributed by atoms with Gasteiger partial charge in [-0.3, -0.25) is 10.9 Å². The second-order valence-corrected chi connectivity index (χ2v) is 6.34. The highest BCUT2D eigenvalue weighted by molar-refractivity contribution is 5.41. The van der Waals surface area contributed by atoms with Crippen molar-refractivity contribution in [2.45, 2.75) is 44.7 Å². The van der Waals surface area contributed by atoms with Crippen LogP contribution >= 0.6 is 0 Å². The minimum Gasteiger partial charge on any atom is -0.381 e. The lowest BCUT2D eigenvalue weighted by atomic mass is 9.93. The number of ether oxygens (including phenoxy) is 1. The molecule has 3 heterocycles. The smallest absolute Gasteiger partial charge is 0.222 e. The molecule has 0 bridgehead atoms. The van der Waals surface area contributed by atoms with Crippen LogP contribution in [0.3, 0.4) is 0 Å². The highest BCUT2D eigenvalue weighted by Crippen LogP contribution is 2.25. The highest BCUT2D eigenvalue weighted by Gasteiger charge is 2.29. The Kier molecular flexibility index (Phi) is 4.75. The molecule has 2 saturated heterocycles. The first-order chi connectivity index (χ1) is 10.6. The molecular weight excluding hydrogens is 280 g/mol. The second-order valence-electron chi connectivity index (χ2n) is 6.34. The van der Waals surface area contributed by atoms with Crippen molar-refractivity contribution in [1.82, 2.24) is 20.8 Å². The molecular formula is C15H26N6O. The number of nitrogen functional groups attached to an aromatic ring is 1. The standard InChI is InChI=1S/C15H26N6O/c1-9-12(10(2)21-20-9)3-5-17-14-7-13(18-15(16)19-14)11-4-6-22-8-11/h7,9-12,20-21H,3-6,8H2,1-2H3,(H3,16,17,18,19). The fourth-order valence-electron chi connectivity index (χ4n) is 3.33. The average molecular weight is 306 g/mol. The second kappa shape index (κ2) is 6.76. The Hall–Kier alpha value is -1.44. The number of anilines is 2. The van der Waals surface area contributed by atoms with Crippen molar-refractivity contribution in [3.8, 4) is 0 Å². The molecule has 1 aromatic rings. The maximum atomic E-state index is 5.84. The largest absolute Gasteiger partial charge is 0.381 e. The predicted octanol–water partition coefficient (Wildman–Crippen LogP) is 0.866. The van der Waals surface area contributed by atoms with Gasteiger partial charge in [0.2, 0.25) is 5.95 Å². The summed E-state index contributed by atoms with van der Waals surface area (Å²) in [5, 5.41) is 3.39. The van der Waals surface area contributed by atoms with Gasteiger partial charge in [-0.1, -0.05) is 0 Å². The number of hydrazine groups is 1. The number of nitrogens with zero attached hydrogens (tertiary/aromatic N) is 2. The van der Waals surface area contributed by atoms with Crippen molar-refractivity contribution in [1.29, 1.82) is 0 Å². The fraction of sp³-hybridized carbons (Fsp3) is 0.733. The van der Waals surface area contributed by atoms with Crippen LogP contribution in [0.4, 0.5) is 11.8 Å². The number of nitrogens with two attached hydrogens (primary N) is 1. The molecule has 7 nitrogen and oxygen atoms in total. The van der Waals surface area contributed by atoms with E-state index in [-0.39, 0.29) is 0 Å². The van der Waals surface area contributed by atoms with Crippen LogP contribution < -0.4 is 21.9 Å². The van der Waals surface area contributed by atoms with E-state index >= 15 is 0 Å². The Balaban J connectivity index is 1.58. The third kappa shape index (κ3) is 3.48. The molecule has 0 saturated carbocycles. The minimum atomic E-state index is 0.331. The third-order valence-corrected chi connectivity index (χ3v) is 4.72. The van der Waals surface area contributed by atoms with E-state index in [0.29, 0.717) is 29.9 Å². The molecule has 5 N–H and O–H groups in total. The van der Waals surface area contributed by atoms with E-state index < -0.39 is 0 Å². The molecule has 0 amide bonds. The summed E-state index contributed by atoms with van der Waals surface area (Å²) in [7, 11) is 0. The molecule has 2 aliphatic heterocycles. The fourth-order valence-corrected chi connectivity index (χ4v) is 3.33. The molecule has 7 heteroatoms. The minimum absolute atomic E-state index is 0.331. The number of aromatic nitrogens is 2. The van der Waals surface area contributed by atoms with Crippen LogP contribution in [-0.2, 0) is 4.74 Å². The summed E-state index contributed by atoms with van der Waals surface area (Å²) in [5.74, 6) is 2.09. The molecule has 1 aromatic heterocycles. The maximum Gasteiger partial charge on any atom is 0.222 e. The summed E-state index contributed by atoms with van der Waals surface area (Å²) in [4.78, 5) is 8.64. The third-order valence-electron chi connectivity index (χ3n) is 4.72. The lowest BCUT2D eigenvalue weighted by molar-refractivity contribution is 0.193. The summed E-state index contributed by atoms with van der Waals surface area (Å²) in [6.45, 7) is 6.82. The lowest BCUT2D eigenvalue weighted by Crippen LogP contribution is -2.30. The summed E-state index contributed by atoms with van der Waals surface area (Å²) in [6, 6.07) is 2.98. The van der Waals surface area contributed by atoms with Crippen molar-refractivity contribution in [3.63, 3.8) is 0 Å². The molecule has 122 valence electrons. The normalized spacial score (nSPS) is 31.5. The van der Waals surface area contributed by atoms with Crippen molar-refractivity contribution < 1.29 is 4.74 Å². The van der Waals surface area contributed by atoms with Crippen LogP contribution in [0.15, 0.2) is 6.07 Å². The molecule has 22 heavy (non-hydrogen) atoms. The van der Waals surface area contributed by atoms with Crippen LogP contribution in [0.2, 0.25) is 0 Å². The molecule has 2 fully saturated rings. The SMILES string of the molecule is CC1NNC(C)C1CCNc1cc(C2CCOC2)nc(N)n1. The summed E-state index contributed by atoms with van der Waals surface area (Å²) < 4.78 is 5.43. The van der Waals surface area contributed by atoms with Gasteiger partial charge in [0, 0.05) is 37.2 Å². The zero-order valence-corrected chi connectivity index (χ0v) is 13.3. The van der Waals surface area contributed by atoms with Crippen LogP contribution in [0.25, 0.3) is 0 Å². The Morgan fingerprint density at radius 3 is 2.77 bits per heavy atom. The van der Waals surface area contributed by atoms with Crippen molar-refractivity contribution >= 4 is 11.8 Å². The molecule has 0 spiro atoms. The number of rotatable bonds is 5. The van der Waals surface area contributed by atoms with E-state index in [1.807, 2.05) is 6.07 Å². The molecule has 0 aromatic carbocycles. The summed E-state index contributed by atoms with van der Waals surface area (Å²) in [6.07, 6.45) is 2.08. The predicted molar refractivity (Wildman–Crippen MR) is 86.4 cm³/mol. The van der Waals surface area contributed by atoms with Crippen molar-refractivity contribution in [3.05, 3.63) is 11.8 Å². The first-order valence-corrected chi connectivity index (χ1v) is 8.10.